The van der Waals surface area contributed by atoms with Crippen LogP contribution in [-0.4, -0.2) is 30.6 Å². The van der Waals surface area contributed by atoms with Crippen molar-refractivity contribution < 1.29 is 13.8 Å². The zero-order valence-electron chi connectivity index (χ0n) is 15.4. The zero-order chi connectivity index (χ0) is 18.0. The summed E-state index contributed by atoms with van der Waals surface area (Å²) < 4.78 is 9.44. The molecule has 0 saturated carbocycles. The molecule has 0 saturated heterocycles. The summed E-state index contributed by atoms with van der Waals surface area (Å²) >= 11 is 0. The highest BCUT2D eigenvalue weighted by Crippen LogP contribution is 2.14. The molecule has 3 rings (SSSR count). The number of aromatic nitrogens is 8. The van der Waals surface area contributed by atoms with Crippen molar-refractivity contribution in [2.24, 2.45) is 0 Å². The maximum absolute atomic E-state index is 5.49. The van der Waals surface area contributed by atoms with Gasteiger partial charge < -0.3 is 4.42 Å². The smallest absolute Gasteiger partial charge is 0.307 e. The van der Waals surface area contributed by atoms with Crippen LogP contribution in [0.1, 0.15) is 68.7 Å². The van der Waals surface area contributed by atoms with E-state index in [0.29, 0.717) is 24.2 Å². The Morgan fingerprint density at radius 3 is 2.48 bits per heavy atom. The Balaban J connectivity index is 1.61. The molecule has 0 aliphatic rings. The first-order valence-electron chi connectivity index (χ1n) is 8.61. The van der Waals surface area contributed by atoms with E-state index >= 15 is 0 Å². The molecule has 3 aromatic heterocycles. The van der Waals surface area contributed by atoms with Crippen LogP contribution >= 0.6 is 0 Å². The number of hydrogen-bond donors (Lipinski definition) is 2. The van der Waals surface area contributed by atoms with Gasteiger partial charge in [0.2, 0.25) is 17.5 Å². The summed E-state index contributed by atoms with van der Waals surface area (Å²) in [5, 5.41) is 18.7. The van der Waals surface area contributed by atoms with Gasteiger partial charge in [-0.25, -0.2) is 0 Å². The van der Waals surface area contributed by atoms with Gasteiger partial charge in [-0.1, -0.05) is 19.1 Å². The van der Waals surface area contributed by atoms with Gasteiger partial charge in [0, 0.05) is 17.9 Å². The van der Waals surface area contributed by atoms with E-state index in [-0.39, 0.29) is 11.8 Å². The number of nitrogens with zero attached hydrogens (tertiary/aromatic N) is 6. The van der Waals surface area contributed by atoms with Crippen LogP contribution in [0.4, 0.5) is 0 Å². The average molecular weight is 346 g/mol. The van der Waals surface area contributed by atoms with Crippen LogP contribution < -0.4 is 9.36 Å². The molecule has 0 aromatic carbocycles. The van der Waals surface area contributed by atoms with E-state index in [4.69, 9.17) is 4.42 Å². The van der Waals surface area contributed by atoms with Gasteiger partial charge in [-0.2, -0.15) is 14.5 Å². The van der Waals surface area contributed by atoms with E-state index in [1.165, 1.54) is 0 Å². The van der Waals surface area contributed by atoms with Crippen molar-refractivity contribution in [3.63, 3.8) is 0 Å². The van der Waals surface area contributed by atoms with Crippen molar-refractivity contribution >= 4 is 0 Å². The summed E-state index contributed by atoms with van der Waals surface area (Å²) in [5.41, 5.74) is 1.06. The molecule has 2 atom stereocenters. The number of nitrogens with one attached hydrogen (secondary N) is 2. The Morgan fingerprint density at radius 1 is 1.08 bits per heavy atom. The number of aromatic amines is 2. The van der Waals surface area contributed by atoms with Crippen molar-refractivity contribution in [1.29, 1.82) is 0 Å². The number of aryl methyl sites for hydroxylation is 1. The lowest BCUT2D eigenvalue weighted by Crippen LogP contribution is -2.40. The van der Waals surface area contributed by atoms with Crippen LogP contribution in [0.2, 0.25) is 0 Å². The highest BCUT2D eigenvalue weighted by molar-refractivity contribution is 4.94. The molecule has 9 nitrogen and oxygen atoms in total. The molecule has 3 heterocycles. The van der Waals surface area contributed by atoms with E-state index in [1.54, 1.807) is 6.92 Å². The average Bonchev–Trinajstić information content (AvgIpc) is 3.27. The summed E-state index contributed by atoms with van der Waals surface area (Å²) in [7, 11) is 0. The second kappa shape index (κ2) is 7.12. The fourth-order valence-corrected chi connectivity index (χ4v) is 2.64. The minimum absolute atomic E-state index is 0.116. The maximum atomic E-state index is 5.49. The maximum Gasteiger partial charge on any atom is 0.307 e. The quantitative estimate of drug-likeness (QED) is 0.624. The molecule has 0 fully saturated rings. The largest absolute Gasteiger partial charge is 0.425 e. The molecule has 0 aliphatic carbocycles. The number of rotatable bonds is 7. The van der Waals surface area contributed by atoms with E-state index in [9.17, 15) is 0 Å². The fraction of sp³-hybridized carbons (Fsp3) is 0.625. The molecule has 3 aromatic rings. The first-order valence-corrected chi connectivity index (χ1v) is 8.61. The van der Waals surface area contributed by atoms with Crippen LogP contribution in [-0.2, 0) is 13.1 Å². The highest BCUT2D eigenvalue weighted by atomic mass is 16.4. The summed E-state index contributed by atoms with van der Waals surface area (Å²) in [6, 6.07) is 0. The Morgan fingerprint density at radius 2 is 1.84 bits per heavy atom. The van der Waals surface area contributed by atoms with Crippen LogP contribution in [0, 0.1) is 6.92 Å². The van der Waals surface area contributed by atoms with Crippen molar-refractivity contribution in [3.05, 3.63) is 35.8 Å². The Bertz CT molecular complexity index is 818. The lowest BCUT2D eigenvalue weighted by Gasteiger charge is -2.03. The van der Waals surface area contributed by atoms with Crippen LogP contribution in [0.15, 0.2) is 16.9 Å². The monoisotopic (exact) mass is 346 g/mol. The van der Waals surface area contributed by atoms with E-state index < -0.39 is 0 Å². The third-order valence-corrected chi connectivity index (χ3v) is 4.15. The SMILES string of the molecule is Cc1nnc(C(C)C[n+]2cnc(C(C)C[n+]3cc(C(C)C)n[nH]3)[nH]2)o1. The van der Waals surface area contributed by atoms with Crippen LogP contribution in [0.5, 0.6) is 0 Å². The van der Waals surface area contributed by atoms with Crippen LogP contribution in [0.25, 0.3) is 0 Å². The topological polar surface area (TPSA) is 104 Å². The third kappa shape index (κ3) is 4.09. The Kier molecular flexibility index (Phi) is 4.91. The molecular weight excluding hydrogens is 320 g/mol. The molecule has 2 N–H and O–H groups in total. The van der Waals surface area contributed by atoms with Gasteiger partial charge >= 0.3 is 6.33 Å². The highest BCUT2D eigenvalue weighted by Gasteiger charge is 2.23. The second-order valence-electron chi connectivity index (χ2n) is 6.93. The molecule has 25 heavy (non-hydrogen) atoms. The Labute approximate surface area is 146 Å². The van der Waals surface area contributed by atoms with E-state index in [2.05, 4.69) is 64.5 Å². The molecule has 134 valence electrons. The molecule has 0 aliphatic heterocycles. The normalized spacial score (nSPS) is 14.2. The standard InChI is InChI=1S/C16H24N8O/c1-10(2)14-8-23(22-19-14)6-11(3)15-17-9-24(21-15)7-12(4)16-20-18-13(5)25-16/h8-12H,6-7H2,1-5H3/p+2. The summed E-state index contributed by atoms with van der Waals surface area (Å²) in [4.78, 5) is 4.50. The zero-order valence-corrected chi connectivity index (χ0v) is 15.4. The lowest BCUT2D eigenvalue weighted by molar-refractivity contribution is -0.759. The van der Waals surface area contributed by atoms with Crippen molar-refractivity contribution in [1.82, 2.24) is 30.6 Å². The molecule has 0 spiro atoms. The van der Waals surface area contributed by atoms with Gasteiger partial charge in [-0.05, 0) is 18.8 Å². The molecule has 0 radical (unpaired) electrons. The predicted molar refractivity (Wildman–Crippen MR) is 87.5 cm³/mol. The van der Waals surface area contributed by atoms with Crippen molar-refractivity contribution in [3.8, 4) is 0 Å². The van der Waals surface area contributed by atoms with Gasteiger partial charge in [0.05, 0.1) is 11.8 Å². The van der Waals surface area contributed by atoms with Gasteiger partial charge in [0.1, 0.15) is 13.1 Å². The van der Waals surface area contributed by atoms with Gasteiger partial charge in [0.25, 0.3) is 5.82 Å². The summed E-state index contributed by atoms with van der Waals surface area (Å²) in [5.74, 6) is 2.92. The molecule has 0 bridgehead atoms. The summed E-state index contributed by atoms with van der Waals surface area (Å²) in [6.07, 6.45) is 3.86. The minimum atomic E-state index is 0.116. The van der Waals surface area contributed by atoms with Crippen LogP contribution in [0.3, 0.4) is 0 Å². The number of hydrogen-bond acceptors (Lipinski definition) is 5. The van der Waals surface area contributed by atoms with Crippen molar-refractivity contribution in [2.75, 3.05) is 0 Å². The van der Waals surface area contributed by atoms with Gasteiger partial charge in [-0.15, -0.1) is 10.2 Å². The molecule has 9 heteroatoms. The van der Waals surface area contributed by atoms with Crippen molar-refractivity contribution in [2.45, 2.75) is 65.5 Å². The minimum Gasteiger partial charge on any atom is -0.425 e. The third-order valence-electron chi connectivity index (χ3n) is 4.15. The fourth-order valence-electron chi connectivity index (χ4n) is 2.64. The molecule has 2 unspecified atom stereocenters. The predicted octanol–water partition coefficient (Wildman–Crippen LogP) is 1.13. The van der Waals surface area contributed by atoms with E-state index in [1.807, 2.05) is 15.7 Å². The summed E-state index contributed by atoms with van der Waals surface area (Å²) in [6.45, 7) is 11.7. The lowest BCUT2D eigenvalue weighted by atomic mass is 10.1. The second-order valence-corrected chi connectivity index (χ2v) is 6.93. The van der Waals surface area contributed by atoms with Gasteiger partial charge in [0.15, 0.2) is 6.20 Å². The first kappa shape index (κ1) is 17.2. The first-order chi connectivity index (χ1) is 11.9. The number of H-pyrrole nitrogens is 2. The van der Waals surface area contributed by atoms with Gasteiger partial charge in [-0.3, -0.25) is 0 Å². The molecular formula is C16H26N8O+2. The molecule has 0 amide bonds. The Hall–Kier alpha value is -2.58. The van der Waals surface area contributed by atoms with E-state index in [0.717, 1.165) is 18.1 Å².